The quantitative estimate of drug-likeness (QED) is 0.431. The molecule has 1 N–H and O–H groups in total. The van der Waals surface area contributed by atoms with Crippen LogP contribution >= 0.6 is 24.0 Å². The minimum absolute atomic E-state index is 0. The summed E-state index contributed by atoms with van der Waals surface area (Å²) in [7, 11) is 3.63. The Morgan fingerprint density at radius 1 is 1.43 bits per heavy atom. The fourth-order valence-electron chi connectivity index (χ4n) is 2.84. The first-order chi connectivity index (χ1) is 10.4. The maximum atomic E-state index is 12.4. The summed E-state index contributed by atoms with van der Waals surface area (Å²) in [5, 5.41) is 7.60. The molecule has 0 bridgehead atoms. The molecule has 2 fully saturated rings. The average molecular weight is 432 g/mol. The monoisotopic (exact) mass is 432 g/mol. The Balaban J connectivity index is 0.00000192. The molecule has 1 atom stereocenters. The number of nitrogens with one attached hydrogen (secondary N) is 1. The van der Waals surface area contributed by atoms with Crippen molar-refractivity contribution in [1.82, 2.24) is 20.0 Å². The number of anilines is 1. The Kier molecular flexibility index (Phi) is 5.22. The number of hydrogen-bond donors (Lipinski definition) is 1. The highest BCUT2D eigenvalue weighted by Crippen LogP contribution is 2.44. The first kappa shape index (κ1) is 18.0. The zero-order chi connectivity index (χ0) is 15.9. The van der Waals surface area contributed by atoms with Crippen LogP contribution in [0.15, 0.2) is 17.4 Å². The van der Waals surface area contributed by atoms with Crippen molar-refractivity contribution in [3.8, 4) is 0 Å². The minimum Gasteiger partial charge on any atom is -0.353 e. The highest BCUT2D eigenvalue weighted by atomic mass is 127. The van der Waals surface area contributed by atoms with Gasteiger partial charge in [0.25, 0.3) is 0 Å². The summed E-state index contributed by atoms with van der Waals surface area (Å²) in [6, 6.07) is 0.456. The summed E-state index contributed by atoms with van der Waals surface area (Å²) >= 11 is 0. The lowest BCUT2D eigenvalue weighted by molar-refractivity contribution is -0.120. The van der Waals surface area contributed by atoms with Gasteiger partial charge in [-0.25, -0.2) is 0 Å². The highest BCUT2D eigenvalue weighted by molar-refractivity contribution is 14.0. The Hall–Kier alpha value is -1.32. The van der Waals surface area contributed by atoms with Crippen molar-refractivity contribution in [2.24, 2.45) is 17.5 Å². The smallest absolute Gasteiger partial charge is 0.246 e. The Morgan fingerprint density at radius 3 is 2.61 bits per heavy atom. The lowest BCUT2D eigenvalue weighted by Gasteiger charge is -2.35. The molecule has 0 aromatic carbocycles. The van der Waals surface area contributed by atoms with Gasteiger partial charge in [-0.1, -0.05) is 13.8 Å². The van der Waals surface area contributed by atoms with Crippen molar-refractivity contribution in [2.45, 2.75) is 26.3 Å². The van der Waals surface area contributed by atoms with Gasteiger partial charge in [0.2, 0.25) is 5.91 Å². The van der Waals surface area contributed by atoms with Crippen LogP contribution < -0.4 is 10.2 Å². The van der Waals surface area contributed by atoms with Crippen molar-refractivity contribution >= 4 is 41.5 Å². The maximum Gasteiger partial charge on any atom is 0.246 e. The molecule has 8 heteroatoms. The minimum atomic E-state index is 0. The highest BCUT2D eigenvalue weighted by Gasteiger charge is 2.46. The molecule has 2 heterocycles. The molecular weight excluding hydrogens is 407 g/mol. The molecule has 1 aromatic heterocycles. The zero-order valence-electron chi connectivity index (χ0n) is 14.1. The van der Waals surface area contributed by atoms with E-state index in [1.54, 1.807) is 22.8 Å². The first-order valence-electron chi connectivity index (χ1n) is 7.68. The van der Waals surface area contributed by atoms with E-state index in [1.165, 1.54) is 0 Å². The molecule has 1 aliphatic heterocycles. The van der Waals surface area contributed by atoms with Crippen LogP contribution in [0.4, 0.5) is 5.69 Å². The van der Waals surface area contributed by atoms with Gasteiger partial charge in [0.05, 0.1) is 11.9 Å². The molecule has 1 aliphatic carbocycles. The summed E-state index contributed by atoms with van der Waals surface area (Å²) < 4.78 is 1.71. The van der Waals surface area contributed by atoms with Crippen LogP contribution in [0.3, 0.4) is 0 Å². The fraction of sp³-hybridized carbons (Fsp3) is 0.667. The van der Waals surface area contributed by atoms with E-state index < -0.39 is 0 Å². The molecule has 2 aliphatic rings. The Morgan fingerprint density at radius 2 is 2.13 bits per heavy atom. The molecule has 3 rings (SSSR count). The third kappa shape index (κ3) is 3.78. The van der Waals surface area contributed by atoms with Gasteiger partial charge < -0.3 is 15.1 Å². The van der Waals surface area contributed by atoms with Gasteiger partial charge in [-0.15, -0.1) is 24.0 Å². The third-order valence-electron chi connectivity index (χ3n) is 4.55. The predicted octanol–water partition coefficient (Wildman–Crippen LogP) is 1.06. The molecule has 7 nitrogen and oxygen atoms in total. The number of aliphatic imine (C=N–C) groups is 1. The van der Waals surface area contributed by atoms with Gasteiger partial charge in [0.15, 0.2) is 5.96 Å². The van der Waals surface area contributed by atoms with E-state index in [4.69, 9.17) is 0 Å². The number of halogens is 1. The van der Waals surface area contributed by atoms with Crippen LogP contribution in [0.5, 0.6) is 0 Å². The summed E-state index contributed by atoms with van der Waals surface area (Å²) in [6.07, 6.45) is 4.75. The zero-order valence-corrected chi connectivity index (χ0v) is 16.4. The van der Waals surface area contributed by atoms with Gasteiger partial charge in [0, 0.05) is 39.4 Å². The number of rotatable bonds is 2. The molecule has 23 heavy (non-hydrogen) atoms. The van der Waals surface area contributed by atoms with E-state index in [-0.39, 0.29) is 29.9 Å². The van der Waals surface area contributed by atoms with Crippen molar-refractivity contribution in [2.75, 3.05) is 31.6 Å². The van der Waals surface area contributed by atoms with Crippen LogP contribution in [0, 0.1) is 5.41 Å². The normalized spacial score (nSPS) is 23.6. The molecular formula is C15H25IN6O. The van der Waals surface area contributed by atoms with Gasteiger partial charge in [-0.3, -0.25) is 14.5 Å². The van der Waals surface area contributed by atoms with Crippen LogP contribution in [-0.4, -0.2) is 59.3 Å². The largest absolute Gasteiger partial charge is 0.353 e. The summed E-state index contributed by atoms with van der Waals surface area (Å²) in [5.74, 6) is 0.909. The van der Waals surface area contributed by atoms with E-state index in [0.717, 1.165) is 24.6 Å². The number of carbonyl (C=O) groups excluding carboxylic acids is 1. The number of piperazine rings is 1. The number of hydrogen-bond acceptors (Lipinski definition) is 3. The lowest BCUT2D eigenvalue weighted by Crippen LogP contribution is -2.55. The fourth-order valence-corrected chi connectivity index (χ4v) is 2.84. The number of carbonyl (C=O) groups is 1. The molecule has 128 valence electrons. The maximum absolute atomic E-state index is 12.4. The van der Waals surface area contributed by atoms with Gasteiger partial charge in [-0.2, -0.15) is 5.10 Å². The van der Waals surface area contributed by atoms with Crippen LogP contribution in [0.25, 0.3) is 0 Å². The van der Waals surface area contributed by atoms with Crippen LogP contribution in [0.2, 0.25) is 0 Å². The number of aryl methyl sites for hydroxylation is 1. The summed E-state index contributed by atoms with van der Waals surface area (Å²) in [5.41, 5.74) is 1.19. The second-order valence-electron chi connectivity index (χ2n) is 6.78. The predicted molar refractivity (Wildman–Crippen MR) is 101 cm³/mol. The van der Waals surface area contributed by atoms with E-state index in [1.807, 2.05) is 18.1 Å². The second kappa shape index (κ2) is 6.66. The topological polar surface area (TPSA) is 65.8 Å². The molecule has 1 saturated heterocycles. The number of aromatic nitrogens is 2. The average Bonchev–Trinajstić information content (AvgIpc) is 2.85. The number of amides is 1. The first-order valence-corrected chi connectivity index (χ1v) is 7.68. The van der Waals surface area contributed by atoms with Gasteiger partial charge in [0.1, 0.15) is 6.54 Å². The molecule has 0 radical (unpaired) electrons. The van der Waals surface area contributed by atoms with Crippen molar-refractivity contribution in [1.29, 1.82) is 0 Å². The van der Waals surface area contributed by atoms with Gasteiger partial charge in [-0.05, 0) is 11.8 Å². The SMILES string of the molecule is CN=C(NC1CC1(C)C)N1CCN(c2cnn(C)c2)C(=O)C1.I. The van der Waals surface area contributed by atoms with Crippen molar-refractivity contribution in [3.05, 3.63) is 12.4 Å². The van der Waals surface area contributed by atoms with Crippen molar-refractivity contribution < 1.29 is 4.79 Å². The molecule has 0 spiro atoms. The number of nitrogens with zero attached hydrogens (tertiary/aromatic N) is 5. The van der Waals surface area contributed by atoms with Crippen LogP contribution in [-0.2, 0) is 11.8 Å². The molecule has 1 unspecified atom stereocenters. The van der Waals surface area contributed by atoms with E-state index in [9.17, 15) is 4.79 Å². The second-order valence-corrected chi connectivity index (χ2v) is 6.78. The summed E-state index contributed by atoms with van der Waals surface area (Å²) in [6.45, 7) is 6.25. The standard InChI is InChI=1S/C15H24N6O.HI/c1-15(2)7-12(15)18-14(16-3)20-5-6-21(13(22)10-20)11-8-17-19(4)9-11;/h8-9,12H,5-7,10H2,1-4H3,(H,16,18);1H. The summed E-state index contributed by atoms with van der Waals surface area (Å²) in [4.78, 5) is 20.6. The van der Waals surface area contributed by atoms with Crippen LogP contribution in [0.1, 0.15) is 20.3 Å². The van der Waals surface area contributed by atoms with E-state index in [0.29, 0.717) is 24.5 Å². The molecule has 1 aromatic rings. The molecule has 1 amide bonds. The molecule has 1 saturated carbocycles. The third-order valence-corrected chi connectivity index (χ3v) is 4.55. The van der Waals surface area contributed by atoms with Crippen molar-refractivity contribution in [3.63, 3.8) is 0 Å². The Bertz CT molecular complexity index is 611. The van der Waals surface area contributed by atoms with E-state index in [2.05, 4.69) is 29.3 Å². The lowest BCUT2D eigenvalue weighted by atomic mass is 10.2. The number of guanidine groups is 1. The van der Waals surface area contributed by atoms with E-state index >= 15 is 0 Å². The van der Waals surface area contributed by atoms with Gasteiger partial charge >= 0.3 is 0 Å². The Labute approximate surface area is 154 Å².